The third-order valence-corrected chi connectivity index (χ3v) is 4.90. The van der Waals surface area contributed by atoms with Crippen LogP contribution in [0, 0.1) is 11.3 Å². The summed E-state index contributed by atoms with van der Waals surface area (Å²) in [6.45, 7) is 7.90. The van der Waals surface area contributed by atoms with Crippen LogP contribution in [0.2, 0.25) is 0 Å². The van der Waals surface area contributed by atoms with Crippen molar-refractivity contribution in [3.05, 3.63) is 23.8 Å². The molecule has 1 aliphatic carbocycles. The van der Waals surface area contributed by atoms with E-state index < -0.39 is 5.60 Å². The highest BCUT2D eigenvalue weighted by Gasteiger charge is 2.43. The Hall–Kier alpha value is -1.22. The van der Waals surface area contributed by atoms with Crippen LogP contribution in [0.1, 0.15) is 45.6 Å². The van der Waals surface area contributed by atoms with Gasteiger partial charge in [0, 0.05) is 0 Å². The zero-order valence-corrected chi connectivity index (χ0v) is 12.6. The molecule has 0 spiro atoms. The average molecular weight is 276 g/mol. The van der Waals surface area contributed by atoms with E-state index in [1.807, 2.05) is 18.2 Å². The zero-order valence-electron chi connectivity index (χ0n) is 12.6. The second-order valence-electron chi connectivity index (χ2n) is 7.05. The highest BCUT2D eigenvalue weighted by molar-refractivity contribution is 5.45. The lowest BCUT2D eigenvalue weighted by atomic mass is 9.63. The van der Waals surface area contributed by atoms with Gasteiger partial charge < -0.3 is 14.6 Å². The Morgan fingerprint density at radius 2 is 1.80 bits per heavy atom. The molecule has 1 heterocycles. The lowest BCUT2D eigenvalue weighted by molar-refractivity contribution is -0.0771. The SMILES string of the molecule is CC1CC(C)(C)CCC1(O)c1ccc2c(c1)OCCO2. The molecule has 1 aromatic rings. The fourth-order valence-electron chi connectivity index (χ4n) is 3.62. The normalized spacial score (nSPS) is 31.9. The van der Waals surface area contributed by atoms with Gasteiger partial charge in [-0.25, -0.2) is 0 Å². The van der Waals surface area contributed by atoms with Crippen LogP contribution in [0.25, 0.3) is 0 Å². The fraction of sp³-hybridized carbons (Fsp3) is 0.647. The number of ether oxygens (including phenoxy) is 2. The number of hydrogen-bond acceptors (Lipinski definition) is 3. The number of hydrogen-bond donors (Lipinski definition) is 1. The van der Waals surface area contributed by atoms with Gasteiger partial charge in [0.1, 0.15) is 13.2 Å². The van der Waals surface area contributed by atoms with Gasteiger partial charge in [0.2, 0.25) is 0 Å². The maximum atomic E-state index is 11.1. The molecule has 1 saturated carbocycles. The second-order valence-corrected chi connectivity index (χ2v) is 7.05. The van der Waals surface area contributed by atoms with Gasteiger partial charge >= 0.3 is 0 Å². The van der Waals surface area contributed by atoms with Gasteiger partial charge in [0.25, 0.3) is 0 Å². The van der Waals surface area contributed by atoms with Gasteiger partial charge in [-0.15, -0.1) is 0 Å². The van der Waals surface area contributed by atoms with E-state index >= 15 is 0 Å². The molecule has 20 heavy (non-hydrogen) atoms. The van der Waals surface area contributed by atoms with Crippen molar-refractivity contribution in [1.82, 2.24) is 0 Å². The van der Waals surface area contributed by atoms with Crippen molar-refractivity contribution in [2.24, 2.45) is 11.3 Å². The molecule has 2 unspecified atom stereocenters. The van der Waals surface area contributed by atoms with Gasteiger partial charge in [0.05, 0.1) is 5.60 Å². The van der Waals surface area contributed by atoms with Crippen molar-refractivity contribution in [2.45, 2.75) is 45.6 Å². The predicted molar refractivity (Wildman–Crippen MR) is 78.1 cm³/mol. The Morgan fingerprint density at radius 3 is 2.50 bits per heavy atom. The molecule has 2 atom stereocenters. The van der Waals surface area contributed by atoms with E-state index in [2.05, 4.69) is 20.8 Å². The topological polar surface area (TPSA) is 38.7 Å². The molecule has 1 aromatic carbocycles. The summed E-state index contributed by atoms with van der Waals surface area (Å²) in [5, 5.41) is 11.1. The number of benzene rings is 1. The maximum absolute atomic E-state index is 11.1. The molecule has 0 radical (unpaired) electrons. The van der Waals surface area contributed by atoms with Crippen LogP contribution in [-0.4, -0.2) is 18.3 Å². The summed E-state index contributed by atoms with van der Waals surface area (Å²) in [5.41, 5.74) is 0.537. The molecule has 2 aliphatic rings. The highest BCUT2D eigenvalue weighted by atomic mass is 16.6. The molecule has 0 amide bonds. The van der Waals surface area contributed by atoms with Crippen LogP contribution < -0.4 is 9.47 Å². The minimum atomic E-state index is -0.745. The van der Waals surface area contributed by atoms with Crippen LogP contribution in [-0.2, 0) is 5.60 Å². The van der Waals surface area contributed by atoms with Crippen molar-refractivity contribution in [3.8, 4) is 11.5 Å². The minimum Gasteiger partial charge on any atom is -0.486 e. The van der Waals surface area contributed by atoms with Gasteiger partial charge in [0.15, 0.2) is 11.5 Å². The van der Waals surface area contributed by atoms with Crippen LogP contribution in [0.3, 0.4) is 0 Å². The van der Waals surface area contributed by atoms with Crippen molar-refractivity contribution in [1.29, 1.82) is 0 Å². The molecule has 3 rings (SSSR count). The first-order chi connectivity index (χ1) is 9.41. The predicted octanol–water partition coefficient (Wildman–Crippen LogP) is 3.49. The van der Waals surface area contributed by atoms with Crippen LogP contribution in [0.5, 0.6) is 11.5 Å². The fourth-order valence-corrected chi connectivity index (χ4v) is 3.62. The first kappa shape index (κ1) is 13.7. The van der Waals surface area contributed by atoms with Crippen molar-refractivity contribution in [3.63, 3.8) is 0 Å². The Labute approximate surface area is 120 Å². The van der Waals surface area contributed by atoms with Gasteiger partial charge in [-0.2, -0.15) is 0 Å². The molecular formula is C17H24O3. The first-order valence-corrected chi connectivity index (χ1v) is 7.53. The van der Waals surface area contributed by atoms with E-state index in [9.17, 15) is 5.11 Å². The van der Waals surface area contributed by atoms with E-state index in [1.54, 1.807) is 0 Å². The standard InChI is InChI=1S/C17H24O3/c1-12-11-16(2,3)6-7-17(12,18)13-4-5-14-15(10-13)20-9-8-19-14/h4-5,10,12,18H,6-9,11H2,1-3H3. The molecule has 0 aromatic heterocycles. The average Bonchev–Trinajstić information content (AvgIpc) is 2.42. The summed E-state index contributed by atoms with van der Waals surface area (Å²) in [4.78, 5) is 0. The summed E-state index contributed by atoms with van der Waals surface area (Å²) >= 11 is 0. The number of rotatable bonds is 1. The Balaban J connectivity index is 1.92. The Morgan fingerprint density at radius 1 is 1.10 bits per heavy atom. The third-order valence-electron chi connectivity index (χ3n) is 4.90. The van der Waals surface area contributed by atoms with Gasteiger partial charge in [-0.3, -0.25) is 0 Å². The summed E-state index contributed by atoms with van der Waals surface area (Å²) in [6, 6.07) is 5.87. The molecule has 1 N–H and O–H groups in total. The quantitative estimate of drug-likeness (QED) is 0.853. The van der Waals surface area contributed by atoms with Crippen LogP contribution >= 0.6 is 0 Å². The summed E-state index contributed by atoms with van der Waals surface area (Å²) in [7, 11) is 0. The summed E-state index contributed by atoms with van der Waals surface area (Å²) < 4.78 is 11.2. The van der Waals surface area contributed by atoms with Gasteiger partial charge in [-0.05, 0) is 48.3 Å². The maximum Gasteiger partial charge on any atom is 0.161 e. The molecule has 0 saturated heterocycles. The lowest BCUT2D eigenvalue weighted by Crippen LogP contribution is -2.41. The van der Waals surface area contributed by atoms with E-state index in [0.717, 1.165) is 36.3 Å². The minimum absolute atomic E-state index is 0.244. The molecule has 1 fully saturated rings. The van der Waals surface area contributed by atoms with E-state index in [4.69, 9.17) is 9.47 Å². The summed E-state index contributed by atoms with van der Waals surface area (Å²) in [6.07, 6.45) is 2.89. The number of aliphatic hydroxyl groups is 1. The third kappa shape index (κ3) is 2.28. The zero-order chi connectivity index (χ0) is 14.4. The first-order valence-electron chi connectivity index (χ1n) is 7.53. The molecule has 3 heteroatoms. The van der Waals surface area contributed by atoms with Crippen LogP contribution in [0.4, 0.5) is 0 Å². The van der Waals surface area contributed by atoms with E-state index in [1.165, 1.54) is 0 Å². The molecule has 1 aliphatic heterocycles. The molecule has 0 bridgehead atoms. The molecular weight excluding hydrogens is 252 g/mol. The number of fused-ring (bicyclic) bond motifs is 1. The Kier molecular flexibility index (Phi) is 3.20. The monoisotopic (exact) mass is 276 g/mol. The smallest absolute Gasteiger partial charge is 0.161 e. The van der Waals surface area contributed by atoms with Crippen molar-refractivity contribution < 1.29 is 14.6 Å². The van der Waals surface area contributed by atoms with E-state index in [0.29, 0.717) is 18.6 Å². The lowest BCUT2D eigenvalue weighted by Gasteiger charge is -2.45. The van der Waals surface area contributed by atoms with E-state index in [-0.39, 0.29) is 5.92 Å². The molecule has 110 valence electrons. The second kappa shape index (κ2) is 4.66. The molecule has 3 nitrogen and oxygen atoms in total. The van der Waals surface area contributed by atoms with Gasteiger partial charge in [-0.1, -0.05) is 26.8 Å². The Bertz CT molecular complexity index is 509. The summed E-state index contributed by atoms with van der Waals surface area (Å²) in [5.74, 6) is 1.79. The highest BCUT2D eigenvalue weighted by Crippen LogP contribution is 2.49. The largest absolute Gasteiger partial charge is 0.486 e. The van der Waals surface area contributed by atoms with Crippen LogP contribution in [0.15, 0.2) is 18.2 Å². The van der Waals surface area contributed by atoms with Crippen molar-refractivity contribution >= 4 is 0 Å². The van der Waals surface area contributed by atoms with Crippen molar-refractivity contribution in [2.75, 3.05) is 13.2 Å².